The van der Waals surface area contributed by atoms with Crippen LogP contribution in [0.15, 0.2) is 0 Å². The Kier molecular flexibility index (Phi) is 5.88. The fourth-order valence-electron chi connectivity index (χ4n) is 0.945. The summed E-state index contributed by atoms with van der Waals surface area (Å²) in [5, 5.41) is 11.4. The Morgan fingerprint density at radius 2 is 2.15 bits per heavy atom. The van der Waals surface area contributed by atoms with Crippen molar-refractivity contribution in [2.45, 2.75) is 32.2 Å². The number of nitrogens with two attached hydrogens (primary N) is 1. The molecule has 0 heterocycles. The molecule has 0 saturated heterocycles. The first-order valence-electron chi connectivity index (χ1n) is 4.32. The second-order valence-corrected chi connectivity index (χ2v) is 2.82. The summed E-state index contributed by atoms with van der Waals surface area (Å²) in [4.78, 5) is 20.8. The number of carboxylic acids is 1. The van der Waals surface area contributed by atoms with Crippen LogP contribution in [-0.4, -0.2) is 29.6 Å². The highest BCUT2D eigenvalue weighted by molar-refractivity contribution is 5.74. The molecule has 0 aromatic carbocycles. The monoisotopic (exact) mass is 188 g/mol. The van der Waals surface area contributed by atoms with Crippen LogP contribution < -0.4 is 11.1 Å². The Bertz CT molecular complexity index is 182. The van der Waals surface area contributed by atoms with E-state index in [1.807, 2.05) is 0 Å². The lowest BCUT2D eigenvalue weighted by Gasteiger charge is -2.10. The van der Waals surface area contributed by atoms with Crippen LogP contribution in [0.25, 0.3) is 0 Å². The van der Waals surface area contributed by atoms with E-state index in [4.69, 9.17) is 10.8 Å². The number of carbonyl (C=O) groups excluding carboxylic acids is 1. The fourth-order valence-corrected chi connectivity index (χ4v) is 0.945. The highest BCUT2D eigenvalue weighted by Gasteiger charge is 2.12. The Morgan fingerprint density at radius 3 is 2.54 bits per heavy atom. The molecule has 0 bridgehead atoms. The minimum absolute atomic E-state index is 0.295. The lowest BCUT2D eigenvalue weighted by molar-refractivity contribution is -0.139. The van der Waals surface area contributed by atoms with Crippen LogP contribution in [0.4, 0.5) is 0 Å². The number of nitrogens with one attached hydrogen (secondary N) is 1. The smallest absolute Gasteiger partial charge is 0.320 e. The van der Waals surface area contributed by atoms with Crippen molar-refractivity contribution in [2.24, 2.45) is 5.73 Å². The maximum absolute atomic E-state index is 10.5. The Morgan fingerprint density at radius 1 is 1.54 bits per heavy atom. The average molecular weight is 188 g/mol. The molecular formula is C8H16N2O3. The number of hydrogen-bond donors (Lipinski definition) is 3. The molecule has 0 rings (SSSR count). The summed E-state index contributed by atoms with van der Waals surface area (Å²) in [7, 11) is 0. The molecule has 5 nitrogen and oxygen atoms in total. The number of primary amides is 1. The first-order valence-corrected chi connectivity index (χ1v) is 4.32. The van der Waals surface area contributed by atoms with Crippen molar-refractivity contribution in [3.05, 3.63) is 0 Å². The molecule has 0 aliphatic carbocycles. The van der Waals surface area contributed by atoms with Gasteiger partial charge in [-0.15, -0.1) is 0 Å². The summed E-state index contributed by atoms with van der Waals surface area (Å²) in [6.07, 6.45) is 1.41. The van der Waals surface area contributed by atoms with Gasteiger partial charge in [0.05, 0.1) is 0 Å². The van der Waals surface area contributed by atoms with Gasteiger partial charge in [-0.1, -0.05) is 6.92 Å². The zero-order valence-corrected chi connectivity index (χ0v) is 7.75. The molecular weight excluding hydrogens is 172 g/mol. The number of carbonyl (C=O) groups is 2. The third-order valence-electron chi connectivity index (χ3n) is 1.70. The van der Waals surface area contributed by atoms with E-state index < -0.39 is 12.0 Å². The first-order chi connectivity index (χ1) is 6.07. The second kappa shape index (κ2) is 6.42. The van der Waals surface area contributed by atoms with E-state index in [-0.39, 0.29) is 5.91 Å². The number of rotatable bonds is 7. The number of carboxylic acid groups (broad SMARTS) is 1. The van der Waals surface area contributed by atoms with E-state index in [2.05, 4.69) is 5.32 Å². The molecule has 5 heteroatoms. The summed E-state index contributed by atoms with van der Waals surface area (Å²) in [6.45, 7) is 2.30. The standard InChI is InChI=1S/C8H16N2O3/c1-2-6(8(12)13)10-5-3-4-7(9)11/h6,10H,2-5H2,1H3,(H2,9,11)(H,12,13). The van der Waals surface area contributed by atoms with Crippen molar-refractivity contribution < 1.29 is 14.7 Å². The molecule has 1 atom stereocenters. The minimum atomic E-state index is -0.860. The Hall–Kier alpha value is -1.10. The molecule has 1 unspecified atom stereocenters. The molecule has 0 aromatic rings. The van der Waals surface area contributed by atoms with Gasteiger partial charge in [-0.3, -0.25) is 9.59 Å². The van der Waals surface area contributed by atoms with Crippen LogP contribution in [-0.2, 0) is 9.59 Å². The van der Waals surface area contributed by atoms with Gasteiger partial charge >= 0.3 is 5.97 Å². The molecule has 0 saturated carbocycles. The van der Waals surface area contributed by atoms with E-state index >= 15 is 0 Å². The Labute approximate surface area is 77.3 Å². The summed E-state index contributed by atoms with van der Waals surface area (Å²) >= 11 is 0. The maximum Gasteiger partial charge on any atom is 0.320 e. The molecule has 1 amide bonds. The summed E-state index contributed by atoms with van der Waals surface area (Å²) < 4.78 is 0. The van der Waals surface area contributed by atoms with Gasteiger partial charge in [0.25, 0.3) is 0 Å². The minimum Gasteiger partial charge on any atom is -0.480 e. The van der Waals surface area contributed by atoms with Crippen LogP contribution in [0.1, 0.15) is 26.2 Å². The highest BCUT2D eigenvalue weighted by Crippen LogP contribution is 1.92. The Balaban J connectivity index is 3.50. The van der Waals surface area contributed by atoms with Crippen molar-refractivity contribution in [1.82, 2.24) is 5.32 Å². The maximum atomic E-state index is 10.5. The number of amides is 1. The van der Waals surface area contributed by atoms with Crippen molar-refractivity contribution >= 4 is 11.9 Å². The molecule has 0 spiro atoms. The van der Waals surface area contributed by atoms with Gasteiger partial charge in [0.2, 0.25) is 5.91 Å². The van der Waals surface area contributed by atoms with Gasteiger partial charge < -0.3 is 16.2 Å². The predicted octanol–water partition coefficient (Wildman–Crippen LogP) is -0.295. The highest BCUT2D eigenvalue weighted by atomic mass is 16.4. The zero-order valence-electron chi connectivity index (χ0n) is 7.75. The molecule has 4 N–H and O–H groups in total. The van der Waals surface area contributed by atoms with Crippen LogP contribution >= 0.6 is 0 Å². The van der Waals surface area contributed by atoms with Crippen molar-refractivity contribution in [3.63, 3.8) is 0 Å². The van der Waals surface area contributed by atoms with Crippen molar-refractivity contribution in [2.75, 3.05) is 6.54 Å². The second-order valence-electron chi connectivity index (χ2n) is 2.82. The summed E-state index contributed by atoms with van der Waals surface area (Å²) in [5.41, 5.74) is 4.92. The van der Waals surface area contributed by atoms with Gasteiger partial charge in [0.15, 0.2) is 0 Å². The zero-order chi connectivity index (χ0) is 10.3. The molecule has 0 fully saturated rings. The van der Waals surface area contributed by atoms with Crippen LogP contribution in [0.5, 0.6) is 0 Å². The largest absolute Gasteiger partial charge is 0.480 e. The number of hydrogen-bond acceptors (Lipinski definition) is 3. The first kappa shape index (κ1) is 11.9. The van der Waals surface area contributed by atoms with E-state index in [9.17, 15) is 9.59 Å². The SMILES string of the molecule is CCC(NCCCC(N)=O)C(=O)O. The topological polar surface area (TPSA) is 92.4 Å². The van der Waals surface area contributed by atoms with E-state index in [1.54, 1.807) is 6.92 Å². The van der Waals surface area contributed by atoms with Crippen LogP contribution in [0.2, 0.25) is 0 Å². The van der Waals surface area contributed by atoms with Gasteiger partial charge in [0.1, 0.15) is 6.04 Å². The van der Waals surface area contributed by atoms with E-state index in [0.29, 0.717) is 25.8 Å². The summed E-state index contributed by atoms with van der Waals surface area (Å²) in [6, 6.07) is -0.520. The third-order valence-corrected chi connectivity index (χ3v) is 1.70. The quantitative estimate of drug-likeness (QED) is 0.478. The predicted molar refractivity (Wildman–Crippen MR) is 48.1 cm³/mol. The van der Waals surface area contributed by atoms with Crippen LogP contribution in [0, 0.1) is 0 Å². The van der Waals surface area contributed by atoms with Gasteiger partial charge in [0, 0.05) is 6.42 Å². The van der Waals surface area contributed by atoms with Crippen molar-refractivity contribution in [3.8, 4) is 0 Å². The third kappa shape index (κ3) is 6.10. The van der Waals surface area contributed by atoms with Crippen LogP contribution in [0.3, 0.4) is 0 Å². The molecule has 0 aliphatic heterocycles. The molecule has 13 heavy (non-hydrogen) atoms. The van der Waals surface area contributed by atoms with E-state index in [1.165, 1.54) is 0 Å². The average Bonchev–Trinajstić information content (AvgIpc) is 2.03. The normalized spacial score (nSPS) is 12.4. The molecule has 0 aliphatic rings. The molecule has 76 valence electrons. The van der Waals surface area contributed by atoms with Gasteiger partial charge in [-0.2, -0.15) is 0 Å². The number of aliphatic carboxylic acids is 1. The molecule has 0 aromatic heterocycles. The summed E-state index contributed by atoms with van der Waals surface area (Å²) in [5.74, 6) is -1.22. The fraction of sp³-hybridized carbons (Fsp3) is 0.750. The van der Waals surface area contributed by atoms with E-state index in [0.717, 1.165) is 0 Å². The lowest BCUT2D eigenvalue weighted by atomic mass is 10.2. The lowest BCUT2D eigenvalue weighted by Crippen LogP contribution is -2.36. The van der Waals surface area contributed by atoms with Crippen molar-refractivity contribution in [1.29, 1.82) is 0 Å². The molecule has 0 radical (unpaired) electrons. The van der Waals surface area contributed by atoms with Gasteiger partial charge in [-0.05, 0) is 19.4 Å². The van der Waals surface area contributed by atoms with Gasteiger partial charge in [-0.25, -0.2) is 0 Å².